The second-order valence-electron chi connectivity index (χ2n) is 4.01. The number of hydrogen-bond acceptors (Lipinski definition) is 1. The van der Waals surface area contributed by atoms with Crippen molar-refractivity contribution in [3.63, 3.8) is 0 Å². The largest absolute Gasteiger partial charge is 0.319 e. The summed E-state index contributed by atoms with van der Waals surface area (Å²) in [6, 6.07) is 9.81. The van der Waals surface area contributed by atoms with E-state index in [0.717, 1.165) is 10.0 Å². The van der Waals surface area contributed by atoms with Crippen LogP contribution in [0.15, 0.2) is 40.9 Å². The minimum Gasteiger partial charge on any atom is -0.319 e. The molecule has 0 radical (unpaired) electrons. The van der Waals surface area contributed by atoms with Crippen LogP contribution in [-0.2, 0) is 0 Å². The average molecular weight is 343 g/mol. The average Bonchev–Trinajstić information content (AvgIpc) is 2.38. The van der Waals surface area contributed by atoms with Gasteiger partial charge in [-0.05, 0) is 36.8 Å². The molecule has 1 amide bonds. The fourth-order valence-corrected chi connectivity index (χ4v) is 2.16. The molecule has 0 aromatic heterocycles. The highest BCUT2D eigenvalue weighted by Gasteiger charge is 2.13. The Balaban J connectivity index is 2.31. The number of benzene rings is 2. The van der Waals surface area contributed by atoms with E-state index in [4.69, 9.17) is 11.6 Å². The highest BCUT2D eigenvalue weighted by atomic mass is 79.9. The van der Waals surface area contributed by atoms with E-state index < -0.39 is 5.82 Å². The minimum atomic E-state index is -0.634. The van der Waals surface area contributed by atoms with Crippen molar-refractivity contribution in [2.45, 2.75) is 6.92 Å². The molecule has 2 aromatic carbocycles. The molecule has 2 aromatic rings. The van der Waals surface area contributed by atoms with Crippen LogP contribution in [0.5, 0.6) is 0 Å². The molecule has 0 saturated carbocycles. The van der Waals surface area contributed by atoms with Crippen molar-refractivity contribution >= 4 is 39.1 Å². The Morgan fingerprint density at radius 1 is 1.32 bits per heavy atom. The van der Waals surface area contributed by atoms with Crippen LogP contribution in [0.2, 0.25) is 5.02 Å². The Morgan fingerprint density at radius 2 is 2.05 bits per heavy atom. The Hall–Kier alpha value is -1.39. The first kappa shape index (κ1) is 14.0. The SMILES string of the molecule is Cc1ccc(Br)cc1C(=O)Nc1cccc(Cl)c1F. The lowest BCUT2D eigenvalue weighted by Gasteiger charge is -2.09. The molecule has 0 aliphatic carbocycles. The number of hydrogen-bond donors (Lipinski definition) is 1. The number of amides is 1. The summed E-state index contributed by atoms with van der Waals surface area (Å²) in [5, 5.41) is 2.49. The number of rotatable bonds is 2. The number of halogens is 3. The fourth-order valence-electron chi connectivity index (χ4n) is 1.63. The molecule has 1 N–H and O–H groups in total. The maximum Gasteiger partial charge on any atom is 0.256 e. The lowest BCUT2D eigenvalue weighted by atomic mass is 10.1. The van der Waals surface area contributed by atoms with Crippen molar-refractivity contribution < 1.29 is 9.18 Å². The number of nitrogens with one attached hydrogen (secondary N) is 1. The van der Waals surface area contributed by atoms with Crippen LogP contribution in [0.1, 0.15) is 15.9 Å². The zero-order chi connectivity index (χ0) is 14.0. The van der Waals surface area contributed by atoms with Gasteiger partial charge in [0, 0.05) is 10.0 Å². The quantitative estimate of drug-likeness (QED) is 0.834. The van der Waals surface area contributed by atoms with Gasteiger partial charge in [-0.15, -0.1) is 0 Å². The molecular weight excluding hydrogens is 333 g/mol. The van der Waals surface area contributed by atoms with Crippen molar-refractivity contribution in [1.29, 1.82) is 0 Å². The van der Waals surface area contributed by atoms with E-state index >= 15 is 0 Å². The molecule has 0 bridgehead atoms. The normalized spacial score (nSPS) is 10.3. The van der Waals surface area contributed by atoms with Crippen molar-refractivity contribution in [3.8, 4) is 0 Å². The van der Waals surface area contributed by atoms with Crippen LogP contribution in [0.4, 0.5) is 10.1 Å². The van der Waals surface area contributed by atoms with Crippen molar-refractivity contribution in [2.75, 3.05) is 5.32 Å². The van der Waals surface area contributed by atoms with Crippen LogP contribution in [0, 0.1) is 12.7 Å². The summed E-state index contributed by atoms with van der Waals surface area (Å²) >= 11 is 8.97. The van der Waals surface area contributed by atoms with Gasteiger partial charge in [0.2, 0.25) is 0 Å². The van der Waals surface area contributed by atoms with Crippen LogP contribution in [0.3, 0.4) is 0 Å². The number of anilines is 1. The Bertz CT molecular complexity index is 645. The third-order valence-corrected chi connectivity index (χ3v) is 3.43. The van der Waals surface area contributed by atoms with E-state index in [1.807, 2.05) is 19.1 Å². The summed E-state index contributed by atoms with van der Waals surface area (Å²) in [5.74, 6) is -1.01. The Kier molecular flexibility index (Phi) is 4.22. The Morgan fingerprint density at radius 3 is 2.79 bits per heavy atom. The van der Waals surface area contributed by atoms with Gasteiger partial charge in [0.1, 0.15) is 0 Å². The van der Waals surface area contributed by atoms with Crippen LogP contribution >= 0.6 is 27.5 Å². The van der Waals surface area contributed by atoms with E-state index in [9.17, 15) is 9.18 Å². The molecule has 0 unspecified atom stereocenters. The predicted octanol–water partition coefficient (Wildman–Crippen LogP) is 4.80. The molecule has 0 aliphatic heterocycles. The van der Waals surface area contributed by atoms with Crippen molar-refractivity contribution in [2.24, 2.45) is 0 Å². The molecule has 0 spiro atoms. The monoisotopic (exact) mass is 341 g/mol. The van der Waals surface area contributed by atoms with Gasteiger partial charge in [-0.1, -0.05) is 39.7 Å². The highest BCUT2D eigenvalue weighted by molar-refractivity contribution is 9.10. The summed E-state index contributed by atoms with van der Waals surface area (Å²) in [6.45, 7) is 1.82. The second kappa shape index (κ2) is 5.72. The molecule has 5 heteroatoms. The smallest absolute Gasteiger partial charge is 0.256 e. The number of aryl methyl sites for hydroxylation is 1. The van der Waals surface area contributed by atoms with Crippen molar-refractivity contribution in [1.82, 2.24) is 0 Å². The summed E-state index contributed by atoms with van der Waals surface area (Å²) < 4.78 is 14.5. The minimum absolute atomic E-state index is 0.0243. The molecular formula is C14H10BrClFNO. The third kappa shape index (κ3) is 3.14. The highest BCUT2D eigenvalue weighted by Crippen LogP contribution is 2.23. The molecule has 0 aliphatic rings. The van der Waals surface area contributed by atoms with Crippen LogP contribution in [0.25, 0.3) is 0 Å². The number of carbonyl (C=O) groups excluding carboxylic acids is 1. The van der Waals surface area contributed by atoms with Gasteiger partial charge >= 0.3 is 0 Å². The van der Waals surface area contributed by atoms with Gasteiger partial charge in [0.15, 0.2) is 5.82 Å². The molecule has 2 nitrogen and oxygen atoms in total. The van der Waals surface area contributed by atoms with E-state index in [1.54, 1.807) is 12.1 Å². The maximum absolute atomic E-state index is 13.7. The summed E-state index contributed by atoms with van der Waals surface area (Å²) in [7, 11) is 0. The van der Waals surface area contributed by atoms with E-state index in [0.29, 0.717) is 5.56 Å². The van der Waals surface area contributed by atoms with E-state index in [1.165, 1.54) is 12.1 Å². The topological polar surface area (TPSA) is 29.1 Å². The molecule has 0 saturated heterocycles. The van der Waals surface area contributed by atoms with Crippen molar-refractivity contribution in [3.05, 3.63) is 62.8 Å². The maximum atomic E-state index is 13.7. The van der Waals surface area contributed by atoms with Gasteiger partial charge < -0.3 is 5.32 Å². The second-order valence-corrected chi connectivity index (χ2v) is 5.34. The van der Waals surface area contributed by atoms with E-state index in [2.05, 4.69) is 21.2 Å². The van der Waals surface area contributed by atoms with Gasteiger partial charge in [-0.2, -0.15) is 0 Å². The molecule has 0 fully saturated rings. The zero-order valence-corrected chi connectivity index (χ0v) is 12.3. The van der Waals surface area contributed by atoms with Gasteiger partial charge in [0.05, 0.1) is 10.7 Å². The molecule has 98 valence electrons. The number of carbonyl (C=O) groups is 1. The van der Waals surface area contributed by atoms with Crippen LogP contribution < -0.4 is 5.32 Å². The lowest BCUT2D eigenvalue weighted by molar-refractivity contribution is 0.102. The lowest BCUT2D eigenvalue weighted by Crippen LogP contribution is -2.14. The van der Waals surface area contributed by atoms with Gasteiger partial charge in [-0.3, -0.25) is 4.79 Å². The summed E-state index contributed by atoms with van der Waals surface area (Å²) in [5.41, 5.74) is 1.36. The fraction of sp³-hybridized carbons (Fsp3) is 0.0714. The van der Waals surface area contributed by atoms with Crippen LogP contribution in [-0.4, -0.2) is 5.91 Å². The predicted molar refractivity (Wildman–Crippen MR) is 78.2 cm³/mol. The first-order valence-corrected chi connectivity index (χ1v) is 6.67. The first-order valence-electron chi connectivity index (χ1n) is 5.50. The Labute approximate surface area is 123 Å². The summed E-state index contributed by atoms with van der Waals surface area (Å²) in [4.78, 5) is 12.1. The van der Waals surface area contributed by atoms with Gasteiger partial charge in [0.25, 0.3) is 5.91 Å². The van der Waals surface area contributed by atoms with Gasteiger partial charge in [-0.25, -0.2) is 4.39 Å². The molecule has 0 atom stereocenters. The summed E-state index contributed by atoms with van der Waals surface area (Å²) in [6.07, 6.45) is 0. The van der Waals surface area contributed by atoms with E-state index in [-0.39, 0.29) is 16.6 Å². The first-order chi connectivity index (χ1) is 8.99. The third-order valence-electron chi connectivity index (χ3n) is 2.64. The molecule has 2 rings (SSSR count). The molecule has 19 heavy (non-hydrogen) atoms. The standard InChI is InChI=1S/C14H10BrClFNO/c1-8-5-6-9(15)7-10(8)14(19)18-12-4-2-3-11(16)13(12)17/h2-7H,1H3,(H,18,19). The zero-order valence-electron chi connectivity index (χ0n) is 10.0. The molecule has 0 heterocycles.